The van der Waals surface area contributed by atoms with Crippen molar-refractivity contribution in [3.05, 3.63) is 72.3 Å². The van der Waals surface area contributed by atoms with Crippen molar-refractivity contribution in [1.82, 2.24) is 0 Å². The number of hydrogen-bond donors (Lipinski definition) is 2. The summed E-state index contributed by atoms with van der Waals surface area (Å²) in [6.45, 7) is 0. The van der Waals surface area contributed by atoms with Gasteiger partial charge in [0.15, 0.2) is 0 Å². The number of carbonyl (C=O) groups is 1. The zero-order valence-electron chi connectivity index (χ0n) is 13.7. The second kappa shape index (κ2) is 7.40. The Kier molecular flexibility index (Phi) is 4.85. The molecule has 3 aromatic carbocycles. The van der Waals surface area contributed by atoms with Gasteiger partial charge in [0.25, 0.3) is 0 Å². The van der Waals surface area contributed by atoms with Crippen LogP contribution in [0.5, 0.6) is 23.0 Å². The summed E-state index contributed by atoms with van der Waals surface area (Å²) in [5.74, 6) is 2.32. The van der Waals surface area contributed by atoms with Crippen LogP contribution < -0.4 is 20.5 Å². The van der Waals surface area contributed by atoms with Gasteiger partial charge >= 0.3 is 0 Å². The largest absolute Gasteiger partial charge is 0.457 e. The summed E-state index contributed by atoms with van der Waals surface area (Å²) in [4.78, 5) is 11.2. The Morgan fingerprint density at radius 3 is 1.80 bits per heavy atom. The quantitative estimate of drug-likeness (QED) is 0.504. The lowest BCUT2D eigenvalue weighted by Gasteiger charge is -2.11. The van der Waals surface area contributed by atoms with E-state index in [1.165, 1.54) is 0 Å². The maximum atomic E-state index is 11.2. The third-order valence-corrected chi connectivity index (χ3v) is 3.53. The third kappa shape index (κ3) is 4.29. The Labute approximate surface area is 146 Å². The van der Waals surface area contributed by atoms with E-state index in [-0.39, 0.29) is 0 Å². The molecule has 126 valence electrons. The van der Waals surface area contributed by atoms with Gasteiger partial charge in [0, 0.05) is 30.1 Å². The molecule has 0 aliphatic rings. The van der Waals surface area contributed by atoms with Crippen molar-refractivity contribution in [2.24, 2.45) is 0 Å². The van der Waals surface area contributed by atoms with Gasteiger partial charge in [0.2, 0.25) is 0 Å². The molecule has 0 atom stereocenters. The van der Waals surface area contributed by atoms with Crippen molar-refractivity contribution < 1.29 is 14.3 Å². The molecule has 0 bridgehead atoms. The minimum absolute atomic E-state index is 0.467. The Morgan fingerprint density at radius 1 is 0.800 bits per heavy atom. The molecule has 0 heterocycles. The third-order valence-electron chi connectivity index (χ3n) is 3.53. The second-order valence-corrected chi connectivity index (χ2v) is 5.40. The van der Waals surface area contributed by atoms with E-state index in [2.05, 4.69) is 5.32 Å². The molecule has 0 spiro atoms. The van der Waals surface area contributed by atoms with Crippen LogP contribution in [0.15, 0.2) is 66.7 Å². The van der Waals surface area contributed by atoms with Gasteiger partial charge in [-0.25, -0.2) is 0 Å². The van der Waals surface area contributed by atoms with E-state index < -0.39 is 0 Å². The van der Waals surface area contributed by atoms with Gasteiger partial charge in [-0.15, -0.1) is 0 Å². The van der Waals surface area contributed by atoms with Crippen LogP contribution in [-0.2, 0) is 0 Å². The van der Waals surface area contributed by atoms with Crippen LogP contribution in [0.4, 0.5) is 11.4 Å². The number of aldehydes is 1. The van der Waals surface area contributed by atoms with Crippen LogP contribution >= 0.6 is 0 Å². The topological polar surface area (TPSA) is 73.6 Å². The summed E-state index contributed by atoms with van der Waals surface area (Å²) in [5.41, 5.74) is 7.78. The van der Waals surface area contributed by atoms with E-state index in [4.69, 9.17) is 15.2 Å². The van der Waals surface area contributed by atoms with Crippen LogP contribution in [0.1, 0.15) is 10.4 Å². The number of ether oxygens (including phenoxy) is 2. The molecule has 0 aliphatic heterocycles. The van der Waals surface area contributed by atoms with Gasteiger partial charge in [-0.3, -0.25) is 4.79 Å². The normalized spacial score (nSPS) is 10.1. The minimum Gasteiger partial charge on any atom is -0.457 e. The fourth-order valence-electron chi connectivity index (χ4n) is 2.28. The molecule has 3 N–H and O–H groups in total. The number of benzene rings is 3. The highest BCUT2D eigenvalue weighted by Gasteiger charge is 2.06. The number of rotatable bonds is 6. The van der Waals surface area contributed by atoms with Crippen LogP contribution in [-0.4, -0.2) is 13.3 Å². The zero-order valence-corrected chi connectivity index (χ0v) is 13.7. The molecule has 5 nitrogen and oxygen atoms in total. The van der Waals surface area contributed by atoms with Crippen LogP contribution in [0.3, 0.4) is 0 Å². The second-order valence-electron chi connectivity index (χ2n) is 5.40. The van der Waals surface area contributed by atoms with Crippen LogP contribution in [0.2, 0.25) is 0 Å². The number of carbonyl (C=O) groups excluding carboxylic acids is 1. The molecule has 0 unspecified atom stereocenters. The number of nitrogens with two attached hydrogens (primary N) is 1. The minimum atomic E-state index is 0.467. The van der Waals surface area contributed by atoms with E-state index in [0.29, 0.717) is 34.2 Å². The summed E-state index contributed by atoms with van der Waals surface area (Å²) in [6.07, 6.45) is 0.757. The fraction of sp³-hybridized carbons (Fsp3) is 0.0500. The van der Waals surface area contributed by atoms with Gasteiger partial charge in [-0.05, 0) is 60.7 Å². The summed E-state index contributed by atoms with van der Waals surface area (Å²) < 4.78 is 11.6. The average molecular weight is 334 g/mol. The number of anilines is 2. The molecule has 3 rings (SSSR count). The van der Waals surface area contributed by atoms with E-state index in [9.17, 15) is 4.79 Å². The molecule has 0 fully saturated rings. The van der Waals surface area contributed by atoms with Gasteiger partial charge in [-0.2, -0.15) is 0 Å². The summed E-state index contributed by atoms with van der Waals surface area (Å²) in [7, 11) is 1.85. The Morgan fingerprint density at radius 2 is 1.32 bits per heavy atom. The standard InChI is InChI=1S/C20H18N2O3/c1-22-16-4-8-18(9-5-16)25-20-11-14(13-23)10-19(12-20)24-17-6-2-15(21)3-7-17/h2-13,22H,21H2,1H3. The molecule has 0 radical (unpaired) electrons. The first kappa shape index (κ1) is 16.4. The van der Waals surface area contributed by atoms with E-state index in [1.54, 1.807) is 42.5 Å². The van der Waals surface area contributed by atoms with Gasteiger partial charge in [0.1, 0.15) is 29.3 Å². The van der Waals surface area contributed by atoms with Crippen molar-refractivity contribution in [3.63, 3.8) is 0 Å². The lowest BCUT2D eigenvalue weighted by Crippen LogP contribution is -1.92. The SMILES string of the molecule is CNc1ccc(Oc2cc(C=O)cc(Oc3ccc(N)cc3)c2)cc1. The number of nitrogen functional groups attached to an aromatic ring is 1. The molecular weight excluding hydrogens is 316 g/mol. The lowest BCUT2D eigenvalue weighted by atomic mass is 10.2. The summed E-state index contributed by atoms with van der Waals surface area (Å²) in [6, 6.07) is 19.6. The Bertz CT molecular complexity index is 859. The van der Waals surface area contributed by atoms with Gasteiger partial charge < -0.3 is 20.5 Å². The smallest absolute Gasteiger partial charge is 0.150 e. The number of nitrogens with one attached hydrogen (secondary N) is 1. The highest BCUT2D eigenvalue weighted by atomic mass is 16.5. The van der Waals surface area contributed by atoms with E-state index in [1.807, 2.05) is 31.3 Å². The van der Waals surface area contributed by atoms with Crippen molar-refractivity contribution in [3.8, 4) is 23.0 Å². The van der Waals surface area contributed by atoms with Crippen molar-refractivity contribution in [2.75, 3.05) is 18.1 Å². The summed E-state index contributed by atoms with van der Waals surface area (Å²) in [5, 5.41) is 3.05. The summed E-state index contributed by atoms with van der Waals surface area (Å²) >= 11 is 0. The number of hydrogen-bond acceptors (Lipinski definition) is 5. The molecular formula is C20H18N2O3. The maximum Gasteiger partial charge on any atom is 0.150 e. The molecule has 0 amide bonds. The predicted molar refractivity (Wildman–Crippen MR) is 98.8 cm³/mol. The first-order valence-corrected chi connectivity index (χ1v) is 7.75. The van der Waals surface area contributed by atoms with E-state index in [0.717, 1.165) is 12.0 Å². The van der Waals surface area contributed by atoms with E-state index >= 15 is 0 Å². The molecule has 0 saturated carbocycles. The molecule has 25 heavy (non-hydrogen) atoms. The lowest BCUT2D eigenvalue weighted by molar-refractivity contribution is 0.112. The van der Waals surface area contributed by atoms with Crippen LogP contribution in [0, 0.1) is 0 Å². The Balaban J connectivity index is 1.83. The first-order valence-electron chi connectivity index (χ1n) is 7.75. The van der Waals surface area contributed by atoms with Gasteiger partial charge in [-0.1, -0.05) is 0 Å². The average Bonchev–Trinajstić information content (AvgIpc) is 2.64. The van der Waals surface area contributed by atoms with Crippen molar-refractivity contribution in [2.45, 2.75) is 0 Å². The zero-order chi connectivity index (χ0) is 17.6. The maximum absolute atomic E-state index is 11.2. The molecule has 3 aromatic rings. The monoisotopic (exact) mass is 334 g/mol. The fourth-order valence-corrected chi connectivity index (χ4v) is 2.28. The van der Waals surface area contributed by atoms with Crippen LogP contribution in [0.25, 0.3) is 0 Å². The molecule has 0 saturated heterocycles. The Hall–Kier alpha value is -3.47. The highest BCUT2D eigenvalue weighted by molar-refractivity contribution is 5.76. The molecule has 0 aliphatic carbocycles. The van der Waals surface area contributed by atoms with Crippen molar-refractivity contribution in [1.29, 1.82) is 0 Å². The molecule has 5 heteroatoms. The van der Waals surface area contributed by atoms with Crippen molar-refractivity contribution >= 4 is 17.7 Å². The van der Waals surface area contributed by atoms with Gasteiger partial charge in [0.05, 0.1) is 0 Å². The molecule has 0 aromatic heterocycles. The predicted octanol–water partition coefficient (Wildman–Crippen LogP) is 4.71. The highest BCUT2D eigenvalue weighted by Crippen LogP contribution is 2.30. The first-order chi connectivity index (χ1) is 12.2.